The predicted molar refractivity (Wildman–Crippen MR) is 74.8 cm³/mol. The Morgan fingerprint density at radius 3 is 2.41 bits per heavy atom. The van der Waals surface area contributed by atoms with Crippen molar-refractivity contribution in [2.45, 2.75) is 39.2 Å². The fraction of sp³-hybridized carbons (Fsp3) is 0.600. The molecule has 0 aromatic heterocycles. The van der Waals surface area contributed by atoms with Gasteiger partial charge in [-0.25, -0.2) is 0 Å². The van der Waals surface area contributed by atoms with Crippen molar-refractivity contribution >= 4 is 5.69 Å². The summed E-state index contributed by atoms with van der Waals surface area (Å²) in [5.41, 5.74) is 4.35. The summed E-state index contributed by atoms with van der Waals surface area (Å²) >= 11 is 0. The molecule has 0 aliphatic carbocycles. The first-order chi connectivity index (χ1) is 8.02. The second-order valence-electron chi connectivity index (χ2n) is 5.68. The molecule has 1 aromatic rings. The number of anilines is 1. The third-order valence-corrected chi connectivity index (χ3v) is 3.87. The molecule has 1 N–H and O–H groups in total. The standard InChI is InChI=1S/C15H24N2/c1-12-8-13(2)10-14(9-12)17-7-5-6-15(3,11-17)16-4/h8-10,16H,5-7,11H2,1-4H3. The lowest BCUT2D eigenvalue weighted by Gasteiger charge is -2.41. The highest BCUT2D eigenvalue weighted by Gasteiger charge is 2.29. The average Bonchev–Trinajstić information content (AvgIpc) is 2.28. The Bertz CT molecular complexity index is 380. The number of likely N-dealkylation sites (N-methyl/N-ethyl adjacent to an activating group) is 1. The van der Waals surface area contributed by atoms with Crippen molar-refractivity contribution in [2.75, 3.05) is 25.0 Å². The molecule has 1 unspecified atom stereocenters. The van der Waals surface area contributed by atoms with E-state index in [0.717, 1.165) is 6.54 Å². The Labute approximate surface area is 105 Å². The van der Waals surface area contributed by atoms with Gasteiger partial charge in [0.25, 0.3) is 0 Å². The molecule has 0 bridgehead atoms. The Morgan fingerprint density at radius 2 is 1.82 bits per heavy atom. The molecule has 1 aliphatic rings. The zero-order valence-corrected chi connectivity index (χ0v) is 11.5. The number of aryl methyl sites for hydroxylation is 2. The average molecular weight is 232 g/mol. The second-order valence-corrected chi connectivity index (χ2v) is 5.68. The minimum atomic E-state index is 0.260. The number of piperidine rings is 1. The molecular formula is C15H24N2. The highest BCUT2D eigenvalue weighted by molar-refractivity contribution is 5.51. The maximum absolute atomic E-state index is 3.47. The van der Waals surface area contributed by atoms with Crippen LogP contribution in [0.15, 0.2) is 18.2 Å². The number of nitrogens with zero attached hydrogens (tertiary/aromatic N) is 1. The first-order valence-corrected chi connectivity index (χ1v) is 6.55. The zero-order valence-electron chi connectivity index (χ0n) is 11.5. The highest BCUT2D eigenvalue weighted by Crippen LogP contribution is 2.26. The highest BCUT2D eigenvalue weighted by atomic mass is 15.2. The van der Waals surface area contributed by atoms with E-state index in [9.17, 15) is 0 Å². The first kappa shape index (κ1) is 12.4. The molecule has 1 atom stereocenters. The minimum absolute atomic E-state index is 0.260. The number of hydrogen-bond acceptors (Lipinski definition) is 2. The predicted octanol–water partition coefficient (Wildman–Crippen LogP) is 2.88. The van der Waals surface area contributed by atoms with Crippen molar-refractivity contribution in [3.8, 4) is 0 Å². The maximum Gasteiger partial charge on any atom is 0.0372 e. The van der Waals surface area contributed by atoms with Crippen LogP contribution in [0.25, 0.3) is 0 Å². The van der Waals surface area contributed by atoms with E-state index in [1.54, 1.807) is 0 Å². The monoisotopic (exact) mass is 232 g/mol. The molecule has 2 rings (SSSR count). The van der Waals surface area contributed by atoms with E-state index in [-0.39, 0.29) is 5.54 Å². The molecule has 1 aromatic carbocycles. The summed E-state index contributed by atoms with van der Waals surface area (Å²) in [5, 5.41) is 3.47. The fourth-order valence-corrected chi connectivity index (χ4v) is 2.80. The van der Waals surface area contributed by atoms with Gasteiger partial charge in [-0.3, -0.25) is 0 Å². The van der Waals surface area contributed by atoms with Crippen LogP contribution < -0.4 is 10.2 Å². The summed E-state index contributed by atoms with van der Waals surface area (Å²) in [6.07, 6.45) is 2.54. The third kappa shape index (κ3) is 2.81. The molecule has 2 heteroatoms. The van der Waals surface area contributed by atoms with Crippen molar-refractivity contribution in [1.29, 1.82) is 0 Å². The van der Waals surface area contributed by atoms with E-state index in [1.807, 2.05) is 0 Å². The fourth-order valence-electron chi connectivity index (χ4n) is 2.80. The van der Waals surface area contributed by atoms with Gasteiger partial charge in [0.1, 0.15) is 0 Å². The molecule has 0 saturated carbocycles. The minimum Gasteiger partial charge on any atom is -0.370 e. The van der Waals surface area contributed by atoms with E-state index in [1.165, 1.54) is 36.2 Å². The summed E-state index contributed by atoms with van der Waals surface area (Å²) in [6.45, 7) is 8.96. The van der Waals surface area contributed by atoms with Gasteiger partial charge in [-0.1, -0.05) is 6.07 Å². The summed E-state index contributed by atoms with van der Waals surface area (Å²) in [6, 6.07) is 6.84. The molecular weight excluding hydrogens is 208 g/mol. The van der Waals surface area contributed by atoms with Crippen LogP contribution in [0.4, 0.5) is 5.69 Å². The van der Waals surface area contributed by atoms with Gasteiger partial charge in [0.2, 0.25) is 0 Å². The Morgan fingerprint density at radius 1 is 1.18 bits per heavy atom. The van der Waals surface area contributed by atoms with Crippen molar-refractivity contribution in [3.05, 3.63) is 29.3 Å². The van der Waals surface area contributed by atoms with Crippen LogP contribution in [0.1, 0.15) is 30.9 Å². The third-order valence-electron chi connectivity index (χ3n) is 3.87. The van der Waals surface area contributed by atoms with Gasteiger partial charge in [-0.15, -0.1) is 0 Å². The van der Waals surface area contributed by atoms with Crippen molar-refractivity contribution in [2.24, 2.45) is 0 Å². The van der Waals surface area contributed by atoms with Gasteiger partial charge in [-0.05, 0) is 63.9 Å². The van der Waals surface area contributed by atoms with Crippen LogP contribution in [-0.2, 0) is 0 Å². The van der Waals surface area contributed by atoms with Crippen LogP contribution in [0.2, 0.25) is 0 Å². The largest absolute Gasteiger partial charge is 0.370 e. The van der Waals surface area contributed by atoms with Gasteiger partial charge >= 0.3 is 0 Å². The van der Waals surface area contributed by atoms with Crippen LogP contribution in [0.5, 0.6) is 0 Å². The SMILES string of the molecule is CNC1(C)CCCN(c2cc(C)cc(C)c2)C1. The van der Waals surface area contributed by atoms with Crippen LogP contribution in [0.3, 0.4) is 0 Å². The molecule has 0 spiro atoms. The van der Waals surface area contributed by atoms with Gasteiger partial charge in [0.15, 0.2) is 0 Å². The molecule has 17 heavy (non-hydrogen) atoms. The Kier molecular flexibility index (Phi) is 3.43. The maximum atomic E-state index is 3.47. The normalized spacial score (nSPS) is 25.1. The number of benzene rings is 1. The molecule has 2 nitrogen and oxygen atoms in total. The van der Waals surface area contributed by atoms with Gasteiger partial charge in [-0.2, -0.15) is 0 Å². The summed E-state index contributed by atoms with van der Waals surface area (Å²) in [5.74, 6) is 0. The van der Waals surface area contributed by atoms with E-state index >= 15 is 0 Å². The van der Waals surface area contributed by atoms with Gasteiger partial charge in [0, 0.05) is 24.3 Å². The first-order valence-electron chi connectivity index (χ1n) is 6.55. The summed E-state index contributed by atoms with van der Waals surface area (Å²) in [4.78, 5) is 2.51. The molecule has 94 valence electrons. The Hall–Kier alpha value is -1.02. The van der Waals surface area contributed by atoms with E-state index < -0.39 is 0 Å². The lowest BCUT2D eigenvalue weighted by atomic mass is 9.91. The lowest BCUT2D eigenvalue weighted by Crippen LogP contribution is -2.53. The van der Waals surface area contributed by atoms with Gasteiger partial charge < -0.3 is 10.2 Å². The van der Waals surface area contributed by atoms with E-state index in [2.05, 4.69) is 56.2 Å². The topological polar surface area (TPSA) is 15.3 Å². The molecule has 1 aliphatic heterocycles. The molecule has 0 radical (unpaired) electrons. The van der Waals surface area contributed by atoms with E-state index in [0.29, 0.717) is 0 Å². The molecule has 1 heterocycles. The second kappa shape index (κ2) is 4.69. The zero-order chi connectivity index (χ0) is 12.5. The van der Waals surface area contributed by atoms with Crippen molar-refractivity contribution in [3.63, 3.8) is 0 Å². The summed E-state index contributed by atoms with van der Waals surface area (Å²) in [7, 11) is 2.07. The van der Waals surface area contributed by atoms with Crippen LogP contribution >= 0.6 is 0 Å². The van der Waals surface area contributed by atoms with Crippen LogP contribution in [-0.4, -0.2) is 25.7 Å². The molecule has 1 fully saturated rings. The quantitative estimate of drug-likeness (QED) is 0.843. The van der Waals surface area contributed by atoms with E-state index in [4.69, 9.17) is 0 Å². The number of hydrogen-bond donors (Lipinski definition) is 1. The van der Waals surface area contributed by atoms with Gasteiger partial charge in [0.05, 0.1) is 0 Å². The molecule has 1 saturated heterocycles. The lowest BCUT2D eigenvalue weighted by molar-refractivity contribution is 0.316. The number of rotatable bonds is 2. The van der Waals surface area contributed by atoms with Crippen molar-refractivity contribution in [1.82, 2.24) is 5.32 Å². The smallest absolute Gasteiger partial charge is 0.0372 e. The summed E-state index contributed by atoms with van der Waals surface area (Å²) < 4.78 is 0. The van der Waals surface area contributed by atoms with Crippen molar-refractivity contribution < 1.29 is 0 Å². The molecule has 0 amide bonds. The Balaban J connectivity index is 2.21. The van der Waals surface area contributed by atoms with Crippen LogP contribution in [0, 0.1) is 13.8 Å². The number of nitrogens with one attached hydrogen (secondary N) is 1.